The molecule has 2 aromatic carbocycles. The number of rotatable bonds is 5. The Hall–Kier alpha value is -2.66. The van der Waals surface area contributed by atoms with Crippen molar-refractivity contribution in [2.24, 2.45) is 11.7 Å². The van der Waals surface area contributed by atoms with E-state index >= 15 is 0 Å². The monoisotopic (exact) mass is 366 g/mol. The van der Waals surface area contributed by atoms with Gasteiger partial charge in [0.05, 0.1) is 6.04 Å². The summed E-state index contributed by atoms with van der Waals surface area (Å²) in [5.41, 5.74) is 9.13. The maximum Gasteiger partial charge on any atom is 0.329 e. The minimum absolute atomic E-state index is 0.00402. The van der Waals surface area contributed by atoms with Gasteiger partial charge in [-0.3, -0.25) is 4.79 Å². The molecule has 0 bridgehead atoms. The van der Waals surface area contributed by atoms with Crippen molar-refractivity contribution < 1.29 is 14.3 Å². The van der Waals surface area contributed by atoms with Crippen molar-refractivity contribution >= 4 is 11.9 Å². The number of nitrogens with two attached hydrogens (primary N) is 1. The van der Waals surface area contributed by atoms with Crippen LogP contribution in [0.5, 0.6) is 0 Å². The van der Waals surface area contributed by atoms with Crippen molar-refractivity contribution in [1.29, 1.82) is 0 Å². The lowest BCUT2D eigenvalue weighted by molar-refractivity contribution is -0.158. The molecule has 0 aromatic heterocycles. The summed E-state index contributed by atoms with van der Waals surface area (Å²) in [4.78, 5) is 27.3. The maximum absolute atomic E-state index is 12.9. The quantitative estimate of drug-likeness (QED) is 0.826. The Bertz CT molecular complexity index is 804. The van der Waals surface area contributed by atoms with Crippen LogP contribution in [0.1, 0.15) is 30.5 Å². The van der Waals surface area contributed by atoms with Crippen LogP contribution in [-0.2, 0) is 33.9 Å². The molecule has 142 valence electrons. The summed E-state index contributed by atoms with van der Waals surface area (Å²) >= 11 is 0. The molecule has 0 radical (unpaired) electrons. The lowest BCUT2D eigenvalue weighted by atomic mass is 9.92. The fraction of sp³-hybridized carbons (Fsp3) is 0.364. The number of benzene rings is 2. The van der Waals surface area contributed by atoms with E-state index in [0.29, 0.717) is 13.0 Å². The molecule has 2 N–H and O–H groups in total. The third-order valence-corrected chi connectivity index (χ3v) is 5.03. The van der Waals surface area contributed by atoms with E-state index in [9.17, 15) is 9.59 Å². The standard InChI is InChI=1S/C22H26N2O3/c1-15(2)20(23)21(25)24-13-18-11-7-6-10-17(18)12-19(24)22(26)27-14-16-8-4-3-5-9-16/h3-11,15,19-20H,12-14,23H2,1-2H3/t19-,20-/m1/s1. The Morgan fingerprint density at radius 2 is 1.70 bits per heavy atom. The highest BCUT2D eigenvalue weighted by Gasteiger charge is 2.38. The average molecular weight is 366 g/mol. The first-order valence-corrected chi connectivity index (χ1v) is 9.30. The van der Waals surface area contributed by atoms with Crippen molar-refractivity contribution in [2.45, 2.75) is 45.5 Å². The summed E-state index contributed by atoms with van der Waals surface area (Å²) in [6.45, 7) is 4.38. The van der Waals surface area contributed by atoms with E-state index in [0.717, 1.165) is 16.7 Å². The Morgan fingerprint density at radius 1 is 1.07 bits per heavy atom. The van der Waals surface area contributed by atoms with Crippen LogP contribution in [0, 0.1) is 5.92 Å². The molecule has 0 spiro atoms. The Morgan fingerprint density at radius 3 is 2.37 bits per heavy atom. The molecule has 1 amide bonds. The first-order chi connectivity index (χ1) is 13.0. The largest absolute Gasteiger partial charge is 0.459 e. The van der Waals surface area contributed by atoms with E-state index in [1.54, 1.807) is 4.90 Å². The zero-order valence-corrected chi connectivity index (χ0v) is 15.8. The second-order valence-electron chi connectivity index (χ2n) is 7.32. The van der Waals surface area contributed by atoms with Crippen LogP contribution in [-0.4, -0.2) is 28.9 Å². The molecule has 2 aromatic rings. The van der Waals surface area contributed by atoms with Crippen molar-refractivity contribution in [3.8, 4) is 0 Å². The number of carbonyl (C=O) groups excluding carboxylic acids is 2. The van der Waals surface area contributed by atoms with Crippen LogP contribution in [0.25, 0.3) is 0 Å². The minimum atomic E-state index is -0.652. The Kier molecular flexibility index (Phi) is 5.91. The number of hydrogen-bond donors (Lipinski definition) is 1. The first kappa shape index (κ1) is 19.1. The zero-order chi connectivity index (χ0) is 19.4. The molecule has 0 aliphatic carbocycles. The summed E-state index contributed by atoms with van der Waals surface area (Å²) in [6.07, 6.45) is 0.445. The minimum Gasteiger partial charge on any atom is -0.459 e. The van der Waals surface area contributed by atoms with Crippen LogP contribution in [0.2, 0.25) is 0 Å². The summed E-state index contributed by atoms with van der Waals surface area (Å²) < 4.78 is 5.53. The molecule has 0 saturated carbocycles. The van der Waals surface area contributed by atoms with Gasteiger partial charge in [0.25, 0.3) is 0 Å². The number of amides is 1. The summed E-state index contributed by atoms with van der Waals surface area (Å²) in [5, 5.41) is 0. The van der Waals surface area contributed by atoms with E-state index in [2.05, 4.69) is 0 Å². The predicted molar refractivity (Wildman–Crippen MR) is 104 cm³/mol. The van der Waals surface area contributed by atoms with Crippen molar-refractivity contribution in [1.82, 2.24) is 4.90 Å². The van der Waals surface area contributed by atoms with Gasteiger partial charge >= 0.3 is 5.97 Å². The van der Waals surface area contributed by atoms with Gasteiger partial charge in [-0.1, -0.05) is 68.4 Å². The number of nitrogens with zero attached hydrogens (tertiary/aromatic N) is 1. The van der Waals surface area contributed by atoms with Crippen molar-refractivity contribution in [2.75, 3.05) is 0 Å². The van der Waals surface area contributed by atoms with Gasteiger partial charge in [-0.2, -0.15) is 0 Å². The number of carbonyl (C=O) groups is 2. The Labute approximate surface area is 160 Å². The van der Waals surface area contributed by atoms with Gasteiger partial charge in [0, 0.05) is 13.0 Å². The van der Waals surface area contributed by atoms with E-state index in [-0.39, 0.29) is 18.4 Å². The van der Waals surface area contributed by atoms with Gasteiger partial charge in [0.15, 0.2) is 0 Å². The lowest BCUT2D eigenvalue weighted by Crippen LogP contribution is -2.55. The highest BCUT2D eigenvalue weighted by Crippen LogP contribution is 2.25. The van der Waals surface area contributed by atoms with Gasteiger partial charge in [0.1, 0.15) is 12.6 Å². The fourth-order valence-electron chi connectivity index (χ4n) is 3.27. The topological polar surface area (TPSA) is 72.6 Å². The highest BCUT2D eigenvalue weighted by atomic mass is 16.5. The van der Waals surface area contributed by atoms with Gasteiger partial charge in [-0.15, -0.1) is 0 Å². The molecule has 0 saturated heterocycles. The molecule has 5 heteroatoms. The lowest BCUT2D eigenvalue weighted by Gasteiger charge is -2.37. The third-order valence-electron chi connectivity index (χ3n) is 5.03. The number of esters is 1. The molecule has 1 aliphatic rings. The second-order valence-corrected chi connectivity index (χ2v) is 7.32. The molecule has 5 nitrogen and oxygen atoms in total. The SMILES string of the molecule is CC(C)[C@@H](N)C(=O)N1Cc2ccccc2C[C@@H]1C(=O)OCc1ccccc1. The summed E-state index contributed by atoms with van der Waals surface area (Å²) in [6, 6.07) is 16.1. The number of hydrogen-bond acceptors (Lipinski definition) is 4. The smallest absolute Gasteiger partial charge is 0.329 e. The summed E-state index contributed by atoms with van der Waals surface area (Å²) in [5.74, 6) is -0.602. The van der Waals surface area contributed by atoms with Crippen LogP contribution < -0.4 is 5.73 Å². The number of fused-ring (bicyclic) bond motifs is 1. The molecule has 1 aliphatic heterocycles. The van der Waals surface area contributed by atoms with Gasteiger partial charge in [0.2, 0.25) is 5.91 Å². The normalized spacial score (nSPS) is 17.3. The third kappa shape index (κ3) is 4.37. The van der Waals surface area contributed by atoms with E-state index in [4.69, 9.17) is 10.5 Å². The molecule has 27 heavy (non-hydrogen) atoms. The Balaban J connectivity index is 1.80. The van der Waals surface area contributed by atoms with E-state index in [1.165, 1.54) is 0 Å². The van der Waals surface area contributed by atoms with Gasteiger partial charge in [-0.05, 0) is 22.6 Å². The zero-order valence-electron chi connectivity index (χ0n) is 15.8. The average Bonchev–Trinajstić information content (AvgIpc) is 2.70. The molecular formula is C22H26N2O3. The fourth-order valence-corrected chi connectivity index (χ4v) is 3.27. The molecule has 0 fully saturated rings. The molecule has 1 heterocycles. The van der Waals surface area contributed by atoms with Crippen molar-refractivity contribution in [3.63, 3.8) is 0 Å². The van der Waals surface area contributed by atoms with Crippen LogP contribution >= 0.6 is 0 Å². The van der Waals surface area contributed by atoms with Crippen LogP contribution in [0.15, 0.2) is 54.6 Å². The predicted octanol–water partition coefficient (Wildman–Crippen LogP) is 2.67. The van der Waals surface area contributed by atoms with E-state index < -0.39 is 18.1 Å². The number of ether oxygens (including phenoxy) is 1. The van der Waals surface area contributed by atoms with Gasteiger partial charge < -0.3 is 15.4 Å². The van der Waals surface area contributed by atoms with Crippen molar-refractivity contribution in [3.05, 3.63) is 71.3 Å². The first-order valence-electron chi connectivity index (χ1n) is 9.30. The molecule has 2 atom stereocenters. The molecule has 0 unspecified atom stereocenters. The summed E-state index contributed by atoms with van der Waals surface area (Å²) in [7, 11) is 0. The van der Waals surface area contributed by atoms with E-state index in [1.807, 2.05) is 68.4 Å². The highest BCUT2D eigenvalue weighted by molar-refractivity contribution is 5.88. The molecule has 3 rings (SSSR count). The van der Waals surface area contributed by atoms with Crippen LogP contribution in [0.3, 0.4) is 0 Å². The molecular weight excluding hydrogens is 340 g/mol. The van der Waals surface area contributed by atoms with Crippen LogP contribution in [0.4, 0.5) is 0 Å². The van der Waals surface area contributed by atoms with Gasteiger partial charge in [-0.25, -0.2) is 4.79 Å². The second kappa shape index (κ2) is 8.35. The maximum atomic E-state index is 12.9.